The van der Waals surface area contributed by atoms with Crippen LogP contribution in [0.15, 0.2) is 34.9 Å². The zero-order chi connectivity index (χ0) is 11.8. The van der Waals surface area contributed by atoms with Gasteiger partial charge in [0.25, 0.3) is 0 Å². The Kier molecular flexibility index (Phi) is 2.79. The van der Waals surface area contributed by atoms with Gasteiger partial charge < -0.3 is 5.32 Å². The first-order chi connectivity index (χ1) is 8.25. The Bertz CT molecular complexity index is 549. The Labute approximate surface area is 110 Å². The number of anilines is 1. The van der Waals surface area contributed by atoms with E-state index in [0.29, 0.717) is 6.04 Å². The third-order valence-corrected chi connectivity index (χ3v) is 4.14. The second-order valence-electron chi connectivity index (χ2n) is 4.76. The van der Waals surface area contributed by atoms with Crippen LogP contribution >= 0.6 is 15.9 Å². The van der Waals surface area contributed by atoms with Gasteiger partial charge in [0.15, 0.2) is 0 Å². The number of nitrogens with one attached hydrogen (secondary N) is 1. The highest BCUT2D eigenvalue weighted by Crippen LogP contribution is 2.35. The fourth-order valence-electron chi connectivity index (χ4n) is 2.21. The smallest absolute Gasteiger partial charge is 0.134 e. The lowest BCUT2D eigenvalue weighted by Gasteiger charge is -2.15. The molecule has 1 unspecified atom stereocenters. The lowest BCUT2D eigenvalue weighted by molar-refractivity contribution is 0.692. The van der Waals surface area contributed by atoms with Gasteiger partial charge in [0, 0.05) is 27.5 Å². The first-order valence-electron chi connectivity index (χ1n) is 6.05. The van der Waals surface area contributed by atoms with Crippen molar-refractivity contribution in [3.63, 3.8) is 0 Å². The number of nitrogens with zero attached hydrogens (tertiary/aromatic N) is 1. The number of rotatable bonds is 3. The van der Waals surface area contributed by atoms with E-state index in [0.717, 1.165) is 16.2 Å². The van der Waals surface area contributed by atoms with Crippen LogP contribution in [0.4, 0.5) is 5.82 Å². The van der Waals surface area contributed by atoms with E-state index in [9.17, 15) is 0 Å². The van der Waals surface area contributed by atoms with Crippen LogP contribution in [0.3, 0.4) is 0 Å². The van der Waals surface area contributed by atoms with Crippen LogP contribution in [0.5, 0.6) is 0 Å². The maximum Gasteiger partial charge on any atom is 0.134 e. The van der Waals surface area contributed by atoms with E-state index in [-0.39, 0.29) is 0 Å². The summed E-state index contributed by atoms with van der Waals surface area (Å²) in [6, 6.07) is 8.81. The van der Waals surface area contributed by atoms with Crippen LogP contribution in [-0.4, -0.2) is 11.0 Å². The predicted octanol–water partition coefficient (Wildman–Crippen LogP) is 4.21. The van der Waals surface area contributed by atoms with Crippen LogP contribution in [0.25, 0.3) is 10.8 Å². The van der Waals surface area contributed by atoms with Crippen molar-refractivity contribution in [1.82, 2.24) is 4.98 Å². The number of aromatic nitrogens is 1. The Morgan fingerprint density at radius 3 is 2.88 bits per heavy atom. The zero-order valence-electron chi connectivity index (χ0n) is 9.78. The lowest BCUT2D eigenvalue weighted by atomic mass is 10.1. The Balaban J connectivity index is 2.00. The van der Waals surface area contributed by atoms with Crippen molar-refractivity contribution in [2.45, 2.75) is 25.8 Å². The van der Waals surface area contributed by atoms with Gasteiger partial charge in [-0.2, -0.15) is 0 Å². The van der Waals surface area contributed by atoms with Crippen LogP contribution in [0.1, 0.15) is 19.8 Å². The van der Waals surface area contributed by atoms with Crippen molar-refractivity contribution < 1.29 is 0 Å². The van der Waals surface area contributed by atoms with E-state index in [4.69, 9.17) is 0 Å². The first-order valence-corrected chi connectivity index (χ1v) is 6.85. The monoisotopic (exact) mass is 290 g/mol. The second-order valence-corrected chi connectivity index (χ2v) is 5.62. The van der Waals surface area contributed by atoms with Crippen LogP contribution in [0.2, 0.25) is 0 Å². The molecule has 17 heavy (non-hydrogen) atoms. The summed E-state index contributed by atoms with van der Waals surface area (Å²) in [4.78, 5) is 4.47. The van der Waals surface area contributed by atoms with Gasteiger partial charge >= 0.3 is 0 Å². The molecule has 1 aromatic heterocycles. The zero-order valence-corrected chi connectivity index (χ0v) is 11.4. The first kappa shape index (κ1) is 11.0. The maximum absolute atomic E-state index is 4.47. The van der Waals surface area contributed by atoms with Gasteiger partial charge in [-0.3, -0.25) is 0 Å². The molecule has 1 N–H and O–H groups in total. The molecule has 0 bridgehead atoms. The molecule has 0 spiro atoms. The molecule has 0 saturated heterocycles. The van der Waals surface area contributed by atoms with Crippen molar-refractivity contribution in [2.75, 3.05) is 5.32 Å². The maximum atomic E-state index is 4.47. The minimum absolute atomic E-state index is 0.520. The molecule has 1 heterocycles. The molecule has 0 amide bonds. The normalized spacial score (nSPS) is 17.1. The van der Waals surface area contributed by atoms with Gasteiger partial charge in [-0.15, -0.1) is 0 Å². The molecule has 1 atom stereocenters. The summed E-state index contributed by atoms with van der Waals surface area (Å²) in [5.74, 6) is 1.84. The summed E-state index contributed by atoms with van der Waals surface area (Å²) in [5.41, 5.74) is 0. The SMILES string of the molecule is CC(Nc1nccc2c(Br)cccc12)C1CC1. The summed E-state index contributed by atoms with van der Waals surface area (Å²) in [6.07, 6.45) is 4.57. The number of fused-ring (bicyclic) bond motifs is 1. The topological polar surface area (TPSA) is 24.9 Å². The van der Waals surface area contributed by atoms with Crippen molar-refractivity contribution in [3.8, 4) is 0 Å². The average molecular weight is 291 g/mol. The molecule has 0 radical (unpaired) electrons. The molecule has 3 rings (SSSR count). The molecule has 0 aliphatic heterocycles. The minimum Gasteiger partial charge on any atom is -0.367 e. The summed E-state index contributed by atoms with van der Waals surface area (Å²) in [6.45, 7) is 2.25. The third kappa shape index (κ3) is 2.16. The highest BCUT2D eigenvalue weighted by atomic mass is 79.9. The summed E-state index contributed by atoms with van der Waals surface area (Å²) in [7, 11) is 0. The molecule has 88 valence electrons. The van der Waals surface area contributed by atoms with Gasteiger partial charge in [0.05, 0.1) is 0 Å². The minimum atomic E-state index is 0.520. The Morgan fingerprint density at radius 1 is 1.29 bits per heavy atom. The molecule has 1 saturated carbocycles. The fourth-order valence-corrected chi connectivity index (χ4v) is 2.71. The number of hydrogen-bond acceptors (Lipinski definition) is 2. The Morgan fingerprint density at radius 2 is 2.12 bits per heavy atom. The van der Waals surface area contributed by atoms with Gasteiger partial charge in [0.1, 0.15) is 5.82 Å². The van der Waals surface area contributed by atoms with Gasteiger partial charge in [0.2, 0.25) is 0 Å². The molecular formula is C14H15BrN2. The van der Waals surface area contributed by atoms with Gasteiger partial charge in [-0.1, -0.05) is 28.1 Å². The summed E-state index contributed by atoms with van der Waals surface area (Å²) in [5, 5.41) is 5.95. The van der Waals surface area contributed by atoms with E-state index >= 15 is 0 Å². The van der Waals surface area contributed by atoms with E-state index in [1.54, 1.807) is 0 Å². The number of halogens is 1. The predicted molar refractivity (Wildman–Crippen MR) is 75.3 cm³/mol. The molecule has 1 aliphatic carbocycles. The summed E-state index contributed by atoms with van der Waals surface area (Å²) < 4.78 is 1.12. The van der Waals surface area contributed by atoms with E-state index in [1.165, 1.54) is 23.6 Å². The quantitative estimate of drug-likeness (QED) is 0.916. The van der Waals surface area contributed by atoms with Crippen molar-refractivity contribution in [2.24, 2.45) is 5.92 Å². The number of pyridine rings is 1. The lowest BCUT2D eigenvalue weighted by Crippen LogP contribution is -2.18. The Hall–Kier alpha value is -1.09. The molecule has 2 nitrogen and oxygen atoms in total. The highest BCUT2D eigenvalue weighted by Gasteiger charge is 2.28. The molecule has 2 aromatic rings. The number of hydrogen-bond donors (Lipinski definition) is 1. The third-order valence-electron chi connectivity index (χ3n) is 3.45. The highest BCUT2D eigenvalue weighted by molar-refractivity contribution is 9.10. The average Bonchev–Trinajstić information content (AvgIpc) is 3.14. The van der Waals surface area contributed by atoms with Crippen LogP contribution < -0.4 is 5.32 Å². The van der Waals surface area contributed by atoms with Crippen molar-refractivity contribution in [3.05, 3.63) is 34.9 Å². The van der Waals surface area contributed by atoms with Crippen LogP contribution in [0, 0.1) is 5.92 Å². The van der Waals surface area contributed by atoms with E-state index in [2.05, 4.69) is 51.4 Å². The van der Waals surface area contributed by atoms with E-state index in [1.807, 2.05) is 12.3 Å². The number of benzene rings is 1. The van der Waals surface area contributed by atoms with Crippen molar-refractivity contribution in [1.29, 1.82) is 0 Å². The fraction of sp³-hybridized carbons (Fsp3) is 0.357. The second kappa shape index (κ2) is 4.30. The van der Waals surface area contributed by atoms with Crippen LogP contribution in [-0.2, 0) is 0 Å². The summed E-state index contributed by atoms with van der Waals surface area (Å²) >= 11 is 3.58. The molecule has 1 fully saturated rings. The molecule has 1 aromatic carbocycles. The van der Waals surface area contributed by atoms with Gasteiger partial charge in [-0.25, -0.2) is 4.98 Å². The molecule has 3 heteroatoms. The standard InChI is InChI=1S/C14H15BrN2/c1-9(10-5-6-10)17-14-12-3-2-4-13(15)11(12)7-8-16-14/h2-4,7-10H,5-6H2,1H3,(H,16,17). The van der Waals surface area contributed by atoms with E-state index < -0.39 is 0 Å². The van der Waals surface area contributed by atoms with Gasteiger partial charge in [-0.05, 0) is 37.8 Å². The molecular weight excluding hydrogens is 276 g/mol. The largest absolute Gasteiger partial charge is 0.367 e. The van der Waals surface area contributed by atoms with Crippen molar-refractivity contribution >= 4 is 32.5 Å². The molecule has 1 aliphatic rings.